The zero-order valence-electron chi connectivity index (χ0n) is 18.0. The predicted octanol–water partition coefficient (Wildman–Crippen LogP) is 4.15. The Balaban J connectivity index is 1.75. The second kappa shape index (κ2) is 9.16. The Labute approximate surface area is 182 Å². The van der Waals surface area contributed by atoms with Crippen LogP contribution in [0.1, 0.15) is 46.0 Å². The topological polar surface area (TPSA) is 49.3 Å². The molecule has 0 radical (unpaired) electrons. The lowest BCUT2D eigenvalue weighted by Crippen LogP contribution is -2.65. The minimum atomic E-state index is -4.84. The molecule has 0 atom stereocenters. The molecule has 0 unspecified atom stereocenters. The summed E-state index contributed by atoms with van der Waals surface area (Å²) in [5, 5.41) is 3.64. The minimum absolute atomic E-state index is 0.292. The van der Waals surface area contributed by atoms with Crippen LogP contribution in [-0.4, -0.2) is 31.2 Å². The summed E-state index contributed by atoms with van der Waals surface area (Å²) in [6.07, 6.45) is -1.54. The number of rotatable bonds is 6. The molecule has 0 heterocycles. The van der Waals surface area contributed by atoms with Crippen molar-refractivity contribution in [1.29, 1.82) is 0 Å². The molecule has 7 heteroatoms. The van der Waals surface area contributed by atoms with E-state index in [2.05, 4.69) is 19.2 Å². The smallest absolute Gasteiger partial charge is 0.424 e. The Morgan fingerprint density at radius 1 is 0.935 bits per heavy atom. The van der Waals surface area contributed by atoms with Gasteiger partial charge in [0.1, 0.15) is 0 Å². The van der Waals surface area contributed by atoms with Gasteiger partial charge in [0, 0.05) is 6.04 Å². The molecule has 1 aliphatic rings. The molecule has 0 saturated heterocycles. The molecule has 2 aromatic rings. The van der Waals surface area contributed by atoms with Crippen LogP contribution in [0.25, 0.3) is 0 Å². The SMILES string of the molecule is CC(C)(C[C@H]1CC[C@H](NC(=O)C(F)(F)F)CC1)[Si](O)(c1ccccc1)c1ccccc1. The van der Waals surface area contributed by atoms with Crippen molar-refractivity contribution in [2.75, 3.05) is 0 Å². The van der Waals surface area contributed by atoms with Crippen LogP contribution >= 0.6 is 0 Å². The van der Waals surface area contributed by atoms with Gasteiger partial charge in [0.25, 0.3) is 8.32 Å². The molecule has 31 heavy (non-hydrogen) atoms. The van der Waals surface area contributed by atoms with Crippen molar-refractivity contribution in [2.45, 2.75) is 63.2 Å². The number of amides is 1. The Kier molecular flexibility index (Phi) is 6.96. The summed E-state index contributed by atoms with van der Waals surface area (Å²) < 4.78 is 37.6. The van der Waals surface area contributed by atoms with Crippen molar-refractivity contribution < 1.29 is 22.8 Å². The largest absolute Gasteiger partial charge is 0.471 e. The summed E-state index contributed by atoms with van der Waals surface area (Å²) in [4.78, 5) is 23.5. The van der Waals surface area contributed by atoms with E-state index in [4.69, 9.17) is 0 Å². The summed E-state index contributed by atoms with van der Waals surface area (Å²) in [5.74, 6) is -1.56. The third-order valence-electron chi connectivity index (χ3n) is 6.60. The summed E-state index contributed by atoms with van der Waals surface area (Å²) >= 11 is 0. The lowest BCUT2D eigenvalue weighted by Gasteiger charge is -2.44. The van der Waals surface area contributed by atoms with Crippen LogP contribution in [0.15, 0.2) is 60.7 Å². The highest BCUT2D eigenvalue weighted by Gasteiger charge is 2.50. The first kappa shape index (κ1) is 23.5. The van der Waals surface area contributed by atoms with E-state index >= 15 is 0 Å². The summed E-state index contributed by atoms with van der Waals surface area (Å²) in [5.41, 5.74) is 0. The third kappa shape index (κ3) is 5.21. The fourth-order valence-corrected chi connectivity index (χ4v) is 8.78. The average molecular weight is 450 g/mol. The summed E-state index contributed by atoms with van der Waals surface area (Å²) in [7, 11) is -3.10. The summed E-state index contributed by atoms with van der Waals surface area (Å²) in [6.45, 7) is 4.22. The van der Waals surface area contributed by atoms with Gasteiger partial charge in [-0.2, -0.15) is 13.2 Å². The van der Waals surface area contributed by atoms with Crippen LogP contribution in [-0.2, 0) is 4.79 Å². The van der Waals surface area contributed by atoms with E-state index in [9.17, 15) is 22.8 Å². The molecule has 0 aromatic heterocycles. The molecular weight excluding hydrogens is 419 g/mol. The molecule has 1 saturated carbocycles. The standard InChI is InChI=1S/C24H30F3NO2Si/c1-23(2,17-18-13-15-19(16-14-18)28-22(29)24(25,26)27)31(30,20-9-5-3-6-10-20)21-11-7-4-8-12-21/h3-12,18-19,30H,13-17H2,1-2H3,(H,28,29)/t18-,19-. The number of benzene rings is 2. The highest BCUT2D eigenvalue weighted by Crippen LogP contribution is 2.44. The van der Waals surface area contributed by atoms with Crippen LogP contribution in [0.3, 0.4) is 0 Å². The highest BCUT2D eigenvalue weighted by atomic mass is 28.4. The molecule has 0 aliphatic heterocycles. The van der Waals surface area contributed by atoms with Gasteiger partial charge in [-0.15, -0.1) is 0 Å². The van der Waals surface area contributed by atoms with Crippen molar-refractivity contribution >= 4 is 24.6 Å². The number of halogens is 3. The van der Waals surface area contributed by atoms with Gasteiger partial charge in [0.15, 0.2) is 0 Å². The number of carbonyl (C=O) groups is 1. The quantitative estimate of drug-likeness (QED) is 0.651. The van der Waals surface area contributed by atoms with Gasteiger partial charge in [0.2, 0.25) is 0 Å². The fourth-order valence-electron chi connectivity index (χ4n) is 4.95. The van der Waals surface area contributed by atoms with Crippen LogP contribution in [0.4, 0.5) is 13.2 Å². The van der Waals surface area contributed by atoms with E-state index in [1.54, 1.807) is 0 Å². The highest BCUT2D eigenvalue weighted by molar-refractivity contribution is 6.98. The molecule has 3 nitrogen and oxygen atoms in total. The normalized spacial score (nSPS) is 20.3. The van der Waals surface area contributed by atoms with Gasteiger partial charge >= 0.3 is 12.1 Å². The van der Waals surface area contributed by atoms with Gasteiger partial charge in [-0.05, 0) is 53.4 Å². The number of hydrogen-bond donors (Lipinski definition) is 2. The first-order chi connectivity index (χ1) is 14.5. The van der Waals surface area contributed by atoms with E-state index < -0.39 is 26.4 Å². The minimum Gasteiger partial charge on any atom is -0.424 e. The molecule has 0 bridgehead atoms. The molecule has 1 amide bonds. The molecule has 168 valence electrons. The Morgan fingerprint density at radius 3 is 1.81 bits per heavy atom. The molecule has 1 aliphatic carbocycles. The van der Waals surface area contributed by atoms with Crippen molar-refractivity contribution in [3.8, 4) is 0 Å². The number of carbonyl (C=O) groups excluding carboxylic acids is 1. The molecule has 2 aromatic carbocycles. The van der Waals surface area contributed by atoms with Crippen molar-refractivity contribution in [1.82, 2.24) is 5.32 Å². The van der Waals surface area contributed by atoms with E-state index in [0.29, 0.717) is 18.8 Å². The molecule has 0 spiro atoms. The zero-order chi connectivity index (χ0) is 22.7. The van der Waals surface area contributed by atoms with Crippen molar-refractivity contribution in [2.24, 2.45) is 5.92 Å². The Bertz CT molecular complexity index is 824. The van der Waals surface area contributed by atoms with E-state index in [1.807, 2.05) is 60.7 Å². The second-order valence-electron chi connectivity index (χ2n) is 9.22. The first-order valence-electron chi connectivity index (χ1n) is 10.7. The van der Waals surface area contributed by atoms with Gasteiger partial charge < -0.3 is 10.1 Å². The Morgan fingerprint density at radius 2 is 1.39 bits per heavy atom. The van der Waals surface area contributed by atoms with E-state index in [-0.39, 0.29) is 5.04 Å². The lowest BCUT2D eigenvalue weighted by molar-refractivity contribution is -0.174. The second-order valence-corrected chi connectivity index (χ2v) is 13.1. The number of hydrogen-bond acceptors (Lipinski definition) is 2. The maximum Gasteiger partial charge on any atom is 0.471 e. The maximum atomic E-state index is 12.5. The van der Waals surface area contributed by atoms with E-state index in [0.717, 1.165) is 29.6 Å². The first-order valence-corrected chi connectivity index (χ1v) is 12.7. The van der Waals surface area contributed by atoms with Crippen LogP contribution in [0.5, 0.6) is 0 Å². The molecular formula is C24H30F3NO2Si. The van der Waals surface area contributed by atoms with Gasteiger partial charge in [-0.1, -0.05) is 74.5 Å². The summed E-state index contributed by atoms with van der Waals surface area (Å²) in [6, 6.07) is 19.2. The molecule has 1 fully saturated rings. The monoisotopic (exact) mass is 449 g/mol. The Hall–Kier alpha value is -2.12. The average Bonchev–Trinajstić information content (AvgIpc) is 2.74. The van der Waals surface area contributed by atoms with Crippen LogP contribution < -0.4 is 15.7 Å². The van der Waals surface area contributed by atoms with Crippen molar-refractivity contribution in [3.63, 3.8) is 0 Å². The zero-order valence-corrected chi connectivity index (χ0v) is 19.0. The van der Waals surface area contributed by atoms with Crippen LogP contribution in [0, 0.1) is 5.92 Å². The molecule has 2 N–H and O–H groups in total. The maximum absolute atomic E-state index is 12.5. The number of nitrogens with one attached hydrogen (secondary N) is 1. The lowest BCUT2D eigenvalue weighted by atomic mass is 9.81. The van der Waals surface area contributed by atoms with Gasteiger partial charge in [0.05, 0.1) is 0 Å². The van der Waals surface area contributed by atoms with Gasteiger partial charge in [-0.3, -0.25) is 4.79 Å². The van der Waals surface area contributed by atoms with Crippen molar-refractivity contribution in [3.05, 3.63) is 60.7 Å². The van der Waals surface area contributed by atoms with Gasteiger partial charge in [-0.25, -0.2) is 0 Å². The molecule has 3 rings (SSSR count). The third-order valence-corrected chi connectivity index (χ3v) is 11.1. The number of alkyl halides is 3. The van der Waals surface area contributed by atoms with E-state index in [1.165, 1.54) is 0 Å². The predicted molar refractivity (Wildman–Crippen MR) is 119 cm³/mol. The van der Waals surface area contributed by atoms with Crippen LogP contribution in [0.2, 0.25) is 5.04 Å². The fraction of sp³-hybridized carbons (Fsp3) is 0.458.